The Morgan fingerprint density at radius 2 is 2.00 bits per heavy atom. The molecular weight excluding hydrogens is 156 g/mol. The summed E-state index contributed by atoms with van der Waals surface area (Å²) in [6, 6.07) is -0.468. The summed E-state index contributed by atoms with van der Waals surface area (Å²) in [4.78, 5) is 12.3. The Morgan fingerprint density at radius 1 is 1.33 bits per heavy atom. The van der Waals surface area contributed by atoms with Crippen LogP contribution in [0, 0.1) is 0 Å². The minimum atomic E-state index is -0.468. The molecule has 0 spiro atoms. The molecule has 0 aromatic carbocycles. The fourth-order valence-corrected chi connectivity index (χ4v) is 0.702. The normalized spacial score (nSPS) is 10.2. The molecule has 0 radical (unpaired) electrons. The summed E-state index contributed by atoms with van der Waals surface area (Å²) in [5.74, 6) is 0. The van der Waals surface area contributed by atoms with Gasteiger partial charge in [-0.3, -0.25) is 0 Å². The summed E-state index contributed by atoms with van der Waals surface area (Å²) < 4.78 is 0. The molecule has 0 aromatic heterocycles. The van der Waals surface area contributed by atoms with Crippen molar-refractivity contribution in [2.75, 3.05) is 40.3 Å². The maximum absolute atomic E-state index is 10.2. The van der Waals surface area contributed by atoms with Gasteiger partial charge in [-0.15, -0.1) is 0 Å². The molecule has 2 amide bonds. The Morgan fingerprint density at radius 3 is 2.50 bits per heavy atom. The topological polar surface area (TPSA) is 70.4 Å². The fraction of sp³-hybridized carbons (Fsp3) is 0.857. The number of rotatable bonds is 6. The summed E-state index contributed by atoms with van der Waals surface area (Å²) in [5, 5.41) is 5.66. The molecule has 0 saturated carbocycles. The van der Waals surface area contributed by atoms with Gasteiger partial charge in [0, 0.05) is 26.2 Å². The predicted octanol–water partition coefficient (Wildman–Crippen LogP) is -1.19. The van der Waals surface area contributed by atoms with Gasteiger partial charge in [-0.2, -0.15) is 0 Å². The van der Waals surface area contributed by atoms with E-state index in [0.717, 1.165) is 19.6 Å². The summed E-state index contributed by atoms with van der Waals surface area (Å²) in [6.45, 7) is 3.27. The number of nitrogens with zero attached hydrogens (tertiary/aromatic N) is 1. The van der Waals surface area contributed by atoms with Crippen LogP contribution < -0.4 is 16.4 Å². The SMILES string of the molecule is CN(C)CCNCCNC(N)=O. The Balaban J connectivity index is 2.96. The standard InChI is InChI=1S/C7H18N4O/c1-11(2)6-5-9-3-4-10-7(8)12/h9H,3-6H2,1-2H3,(H3,8,10,12). The maximum atomic E-state index is 10.2. The zero-order valence-electron chi connectivity index (χ0n) is 7.76. The number of primary amides is 1. The van der Waals surface area contributed by atoms with Gasteiger partial charge >= 0.3 is 6.03 Å². The third kappa shape index (κ3) is 9.19. The molecule has 5 nitrogen and oxygen atoms in total. The van der Waals surface area contributed by atoms with Gasteiger partial charge in [0.2, 0.25) is 0 Å². The molecule has 0 aliphatic rings. The molecule has 0 bridgehead atoms. The first kappa shape index (κ1) is 11.2. The molecule has 0 saturated heterocycles. The zero-order valence-corrected chi connectivity index (χ0v) is 7.76. The predicted molar refractivity (Wildman–Crippen MR) is 49.0 cm³/mol. The van der Waals surface area contributed by atoms with E-state index in [-0.39, 0.29) is 0 Å². The van der Waals surface area contributed by atoms with Crippen molar-refractivity contribution in [3.63, 3.8) is 0 Å². The van der Waals surface area contributed by atoms with Gasteiger partial charge < -0.3 is 21.3 Å². The highest BCUT2D eigenvalue weighted by Gasteiger charge is 1.91. The minimum absolute atomic E-state index is 0.468. The quantitative estimate of drug-likeness (QED) is 0.443. The van der Waals surface area contributed by atoms with Crippen LogP contribution in [0.4, 0.5) is 4.79 Å². The molecule has 0 heterocycles. The molecule has 0 aromatic rings. The van der Waals surface area contributed by atoms with Crippen LogP contribution in [0.3, 0.4) is 0 Å². The van der Waals surface area contributed by atoms with Crippen LogP contribution in [0.2, 0.25) is 0 Å². The molecule has 0 fully saturated rings. The van der Waals surface area contributed by atoms with E-state index in [2.05, 4.69) is 15.5 Å². The number of nitrogens with two attached hydrogens (primary N) is 1. The summed E-state index contributed by atoms with van der Waals surface area (Å²) in [6.07, 6.45) is 0. The van der Waals surface area contributed by atoms with Crippen LogP contribution in [-0.4, -0.2) is 51.2 Å². The molecule has 0 aliphatic heterocycles. The molecule has 0 atom stereocenters. The Labute approximate surface area is 73.3 Å². The Kier molecular flexibility index (Phi) is 6.41. The first-order valence-corrected chi connectivity index (χ1v) is 4.01. The lowest BCUT2D eigenvalue weighted by Crippen LogP contribution is -2.37. The van der Waals surface area contributed by atoms with Crippen molar-refractivity contribution in [3.05, 3.63) is 0 Å². The van der Waals surface area contributed by atoms with Crippen LogP contribution in [-0.2, 0) is 0 Å². The third-order valence-corrected chi connectivity index (χ3v) is 1.34. The number of urea groups is 1. The molecule has 72 valence electrons. The van der Waals surface area contributed by atoms with Gasteiger partial charge in [0.15, 0.2) is 0 Å². The highest BCUT2D eigenvalue weighted by atomic mass is 16.2. The number of carbonyl (C=O) groups excluding carboxylic acids is 1. The third-order valence-electron chi connectivity index (χ3n) is 1.34. The van der Waals surface area contributed by atoms with Crippen LogP contribution in [0.25, 0.3) is 0 Å². The van der Waals surface area contributed by atoms with Crippen molar-refractivity contribution < 1.29 is 4.79 Å². The lowest BCUT2D eigenvalue weighted by atomic mass is 10.5. The van der Waals surface area contributed by atoms with Crippen molar-refractivity contribution in [2.24, 2.45) is 5.73 Å². The smallest absolute Gasteiger partial charge is 0.312 e. The van der Waals surface area contributed by atoms with Crippen molar-refractivity contribution in [3.8, 4) is 0 Å². The monoisotopic (exact) mass is 174 g/mol. The Bertz CT molecular complexity index is 127. The second-order valence-corrected chi connectivity index (χ2v) is 2.84. The maximum Gasteiger partial charge on any atom is 0.312 e. The van der Waals surface area contributed by atoms with E-state index < -0.39 is 6.03 Å². The lowest BCUT2D eigenvalue weighted by molar-refractivity contribution is 0.249. The van der Waals surface area contributed by atoms with Crippen molar-refractivity contribution in [1.82, 2.24) is 15.5 Å². The van der Waals surface area contributed by atoms with Crippen molar-refractivity contribution in [1.29, 1.82) is 0 Å². The fourth-order valence-electron chi connectivity index (χ4n) is 0.702. The molecule has 0 unspecified atom stereocenters. The minimum Gasteiger partial charge on any atom is -0.352 e. The van der Waals surface area contributed by atoms with E-state index in [0.29, 0.717) is 6.54 Å². The number of amides is 2. The highest BCUT2D eigenvalue weighted by molar-refractivity contribution is 5.71. The number of hydrogen-bond acceptors (Lipinski definition) is 3. The largest absolute Gasteiger partial charge is 0.352 e. The molecular formula is C7H18N4O. The van der Waals surface area contributed by atoms with Gasteiger partial charge in [-0.25, -0.2) is 4.79 Å². The lowest BCUT2D eigenvalue weighted by Gasteiger charge is -2.09. The van der Waals surface area contributed by atoms with Crippen LogP contribution >= 0.6 is 0 Å². The second kappa shape index (κ2) is 6.87. The molecule has 5 heteroatoms. The molecule has 12 heavy (non-hydrogen) atoms. The van der Waals surface area contributed by atoms with Gasteiger partial charge in [-0.1, -0.05) is 0 Å². The van der Waals surface area contributed by atoms with Gasteiger partial charge in [-0.05, 0) is 14.1 Å². The summed E-state index contributed by atoms with van der Waals surface area (Å²) >= 11 is 0. The summed E-state index contributed by atoms with van der Waals surface area (Å²) in [7, 11) is 4.03. The number of likely N-dealkylation sites (N-methyl/N-ethyl adjacent to an activating group) is 1. The van der Waals surface area contributed by atoms with Crippen LogP contribution in [0.1, 0.15) is 0 Å². The zero-order chi connectivity index (χ0) is 9.40. The van der Waals surface area contributed by atoms with E-state index in [9.17, 15) is 4.79 Å². The average molecular weight is 174 g/mol. The van der Waals surface area contributed by atoms with Gasteiger partial charge in [0.05, 0.1) is 0 Å². The molecule has 0 rings (SSSR count). The number of carbonyl (C=O) groups is 1. The highest BCUT2D eigenvalue weighted by Crippen LogP contribution is 1.69. The van der Waals surface area contributed by atoms with E-state index in [1.165, 1.54) is 0 Å². The van der Waals surface area contributed by atoms with Crippen molar-refractivity contribution in [2.45, 2.75) is 0 Å². The van der Waals surface area contributed by atoms with Crippen LogP contribution in [0.15, 0.2) is 0 Å². The molecule has 0 aliphatic carbocycles. The van der Waals surface area contributed by atoms with E-state index in [4.69, 9.17) is 5.73 Å². The van der Waals surface area contributed by atoms with E-state index in [1.54, 1.807) is 0 Å². The van der Waals surface area contributed by atoms with Crippen molar-refractivity contribution >= 4 is 6.03 Å². The number of nitrogens with one attached hydrogen (secondary N) is 2. The first-order valence-electron chi connectivity index (χ1n) is 4.01. The second-order valence-electron chi connectivity index (χ2n) is 2.84. The Hall–Kier alpha value is -0.810. The van der Waals surface area contributed by atoms with Crippen LogP contribution in [0.5, 0.6) is 0 Å². The van der Waals surface area contributed by atoms with E-state index in [1.807, 2.05) is 14.1 Å². The summed E-state index contributed by atoms with van der Waals surface area (Å²) in [5.41, 5.74) is 4.87. The van der Waals surface area contributed by atoms with E-state index >= 15 is 0 Å². The number of hydrogen-bond donors (Lipinski definition) is 3. The first-order chi connectivity index (χ1) is 5.63. The van der Waals surface area contributed by atoms with Gasteiger partial charge in [0.1, 0.15) is 0 Å². The molecule has 4 N–H and O–H groups in total. The average Bonchev–Trinajstić information content (AvgIpc) is 1.95. The van der Waals surface area contributed by atoms with Gasteiger partial charge in [0.25, 0.3) is 0 Å².